The zero-order valence-corrected chi connectivity index (χ0v) is 9.65. The van der Waals surface area contributed by atoms with Crippen LogP contribution in [-0.2, 0) is 9.53 Å². The molecule has 8 heteroatoms. The molecule has 0 saturated carbocycles. The first-order valence-corrected chi connectivity index (χ1v) is 4.61. The van der Waals surface area contributed by atoms with E-state index < -0.39 is 10.9 Å². The van der Waals surface area contributed by atoms with Crippen LogP contribution in [0.5, 0.6) is 0 Å². The maximum absolute atomic E-state index is 11.5. The summed E-state index contributed by atoms with van der Waals surface area (Å²) in [5.74, 6) is -0.628. The highest BCUT2D eigenvalue weighted by Crippen LogP contribution is 2.13. The van der Waals surface area contributed by atoms with Crippen molar-refractivity contribution in [2.24, 2.45) is 0 Å². The highest BCUT2D eigenvalue weighted by atomic mass is 16.6. The lowest BCUT2D eigenvalue weighted by Crippen LogP contribution is -2.15. The summed E-state index contributed by atoms with van der Waals surface area (Å²) in [5, 5.41) is 14.2. The average Bonchev–Trinajstić information content (AvgIpc) is 2.73. The van der Waals surface area contributed by atoms with E-state index in [-0.39, 0.29) is 11.4 Å². The topological polar surface area (TPSA) is 90.5 Å². The number of hydrogen-bond donors (Lipinski definition) is 0. The van der Waals surface area contributed by atoms with Crippen molar-refractivity contribution >= 4 is 17.4 Å². The van der Waals surface area contributed by atoms with Crippen LogP contribution in [0, 0.1) is 10.1 Å². The first-order valence-electron chi connectivity index (χ1n) is 4.61. The number of carbonyl (C=O) groups is 1. The molecule has 0 fully saturated rings. The summed E-state index contributed by atoms with van der Waals surface area (Å²) in [6.45, 7) is 0. The second kappa shape index (κ2) is 5.10. The van der Waals surface area contributed by atoms with E-state index in [0.29, 0.717) is 0 Å². The lowest BCUT2D eigenvalue weighted by atomic mass is 10.4. The van der Waals surface area contributed by atoms with Crippen molar-refractivity contribution in [1.82, 2.24) is 14.7 Å². The number of esters is 1. The van der Waals surface area contributed by atoms with E-state index in [1.807, 2.05) is 0 Å². The van der Waals surface area contributed by atoms with Crippen molar-refractivity contribution in [3.05, 3.63) is 28.7 Å². The van der Waals surface area contributed by atoms with Gasteiger partial charge in [-0.25, -0.2) is 9.48 Å². The number of hydrogen-bond acceptors (Lipinski definition) is 6. The van der Waals surface area contributed by atoms with E-state index in [9.17, 15) is 14.9 Å². The lowest BCUT2D eigenvalue weighted by Gasteiger charge is -2.09. The van der Waals surface area contributed by atoms with E-state index in [0.717, 1.165) is 17.1 Å². The molecule has 0 aliphatic rings. The van der Waals surface area contributed by atoms with Gasteiger partial charge in [-0.1, -0.05) is 0 Å². The number of ether oxygens (including phenoxy) is 1. The van der Waals surface area contributed by atoms with Crippen LogP contribution in [0.1, 0.15) is 0 Å². The first kappa shape index (κ1) is 12.7. The maximum Gasteiger partial charge on any atom is 0.358 e. The third kappa shape index (κ3) is 3.03. The third-order valence-corrected chi connectivity index (χ3v) is 1.80. The molecule has 1 aromatic rings. The van der Waals surface area contributed by atoms with Crippen molar-refractivity contribution < 1.29 is 14.5 Å². The Balaban J connectivity index is 3.13. The summed E-state index contributed by atoms with van der Waals surface area (Å²) in [4.78, 5) is 23.0. The zero-order valence-electron chi connectivity index (χ0n) is 9.65. The van der Waals surface area contributed by atoms with Crippen molar-refractivity contribution in [2.45, 2.75) is 0 Å². The SMILES string of the molecule is COC(=O)/C(=C\N(C)C)n1cc([N+](=O)[O-])cn1. The minimum Gasteiger partial charge on any atom is -0.464 e. The Bertz CT molecular complexity index is 463. The van der Waals surface area contributed by atoms with Crippen molar-refractivity contribution in [3.8, 4) is 0 Å². The number of nitro groups is 1. The Morgan fingerprint density at radius 2 is 2.29 bits per heavy atom. The predicted molar refractivity (Wildman–Crippen MR) is 58.9 cm³/mol. The summed E-state index contributed by atoms with van der Waals surface area (Å²) in [7, 11) is 4.64. The zero-order chi connectivity index (χ0) is 13.0. The molecule has 0 aliphatic heterocycles. The summed E-state index contributed by atoms with van der Waals surface area (Å²) >= 11 is 0. The van der Waals surface area contributed by atoms with E-state index in [1.165, 1.54) is 13.3 Å². The monoisotopic (exact) mass is 240 g/mol. The Labute approximate surface area is 97.2 Å². The van der Waals surface area contributed by atoms with Gasteiger partial charge in [-0.05, 0) is 0 Å². The number of nitrogens with zero attached hydrogens (tertiary/aromatic N) is 4. The molecule has 17 heavy (non-hydrogen) atoms. The second-order valence-corrected chi connectivity index (χ2v) is 3.37. The van der Waals surface area contributed by atoms with Gasteiger partial charge in [0.25, 0.3) is 0 Å². The molecule has 1 rings (SSSR count). The van der Waals surface area contributed by atoms with Crippen LogP contribution in [0.3, 0.4) is 0 Å². The third-order valence-electron chi connectivity index (χ3n) is 1.80. The van der Waals surface area contributed by atoms with Crippen LogP contribution in [0.4, 0.5) is 5.69 Å². The van der Waals surface area contributed by atoms with Gasteiger partial charge >= 0.3 is 11.7 Å². The highest BCUT2D eigenvalue weighted by molar-refractivity contribution is 6.09. The normalized spacial score (nSPS) is 11.1. The van der Waals surface area contributed by atoms with Crippen LogP contribution in [0.25, 0.3) is 5.70 Å². The van der Waals surface area contributed by atoms with Gasteiger partial charge in [0.05, 0.1) is 12.0 Å². The van der Waals surface area contributed by atoms with Crippen LogP contribution >= 0.6 is 0 Å². The van der Waals surface area contributed by atoms with Crippen molar-refractivity contribution in [2.75, 3.05) is 21.2 Å². The Morgan fingerprint density at radius 1 is 1.65 bits per heavy atom. The second-order valence-electron chi connectivity index (χ2n) is 3.37. The van der Waals surface area contributed by atoms with E-state index in [2.05, 4.69) is 9.84 Å². The molecule has 0 unspecified atom stereocenters. The average molecular weight is 240 g/mol. The minimum absolute atomic E-state index is 0.0885. The summed E-state index contributed by atoms with van der Waals surface area (Å²) < 4.78 is 5.67. The van der Waals surface area contributed by atoms with Gasteiger partial charge in [-0.2, -0.15) is 5.10 Å². The molecule has 1 aromatic heterocycles. The van der Waals surface area contributed by atoms with Gasteiger partial charge in [0, 0.05) is 20.3 Å². The molecule has 0 bridgehead atoms. The van der Waals surface area contributed by atoms with Gasteiger partial charge in [-0.3, -0.25) is 10.1 Å². The van der Waals surface area contributed by atoms with Crippen LogP contribution < -0.4 is 0 Å². The lowest BCUT2D eigenvalue weighted by molar-refractivity contribution is -0.384. The fourth-order valence-corrected chi connectivity index (χ4v) is 1.09. The Morgan fingerprint density at radius 3 is 2.71 bits per heavy atom. The Hall–Kier alpha value is -2.38. The van der Waals surface area contributed by atoms with E-state index in [4.69, 9.17) is 0 Å². The van der Waals surface area contributed by atoms with Gasteiger partial charge in [0.2, 0.25) is 0 Å². The summed E-state index contributed by atoms with van der Waals surface area (Å²) in [6, 6.07) is 0. The summed E-state index contributed by atoms with van der Waals surface area (Å²) in [6.07, 6.45) is 3.67. The molecule has 0 aromatic carbocycles. The molecule has 0 saturated heterocycles. The maximum atomic E-state index is 11.5. The van der Waals surface area contributed by atoms with Gasteiger partial charge in [-0.15, -0.1) is 0 Å². The molecule has 0 atom stereocenters. The van der Waals surface area contributed by atoms with Crippen LogP contribution in [-0.4, -0.2) is 46.8 Å². The molecule has 8 nitrogen and oxygen atoms in total. The molecule has 92 valence electrons. The number of aromatic nitrogens is 2. The molecule has 0 radical (unpaired) electrons. The first-order chi connectivity index (χ1) is 7.95. The van der Waals surface area contributed by atoms with Crippen LogP contribution in [0.15, 0.2) is 18.6 Å². The number of methoxy groups -OCH3 is 1. The quantitative estimate of drug-likeness (QED) is 0.326. The van der Waals surface area contributed by atoms with E-state index in [1.54, 1.807) is 19.0 Å². The molecule has 0 N–H and O–H groups in total. The molecular weight excluding hydrogens is 228 g/mol. The molecule has 1 heterocycles. The van der Waals surface area contributed by atoms with Gasteiger partial charge < -0.3 is 9.64 Å². The largest absolute Gasteiger partial charge is 0.464 e. The fraction of sp³-hybridized carbons (Fsp3) is 0.333. The van der Waals surface area contributed by atoms with Gasteiger partial charge in [0.1, 0.15) is 12.4 Å². The summed E-state index contributed by atoms with van der Waals surface area (Å²) in [5.41, 5.74) is -0.107. The molecule has 0 aliphatic carbocycles. The predicted octanol–water partition coefficient (Wildman–Crippen LogP) is 0.324. The van der Waals surface area contributed by atoms with Crippen molar-refractivity contribution in [1.29, 1.82) is 0 Å². The smallest absolute Gasteiger partial charge is 0.358 e. The van der Waals surface area contributed by atoms with Crippen molar-refractivity contribution in [3.63, 3.8) is 0 Å². The minimum atomic E-state index is -0.628. The molecular formula is C9H12N4O4. The fourth-order valence-electron chi connectivity index (χ4n) is 1.09. The molecule has 0 amide bonds. The highest BCUT2D eigenvalue weighted by Gasteiger charge is 2.17. The van der Waals surface area contributed by atoms with Gasteiger partial charge in [0.15, 0.2) is 5.70 Å². The van der Waals surface area contributed by atoms with Crippen LogP contribution in [0.2, 0.25) is 0 Å². The molecule has 0 spiro atoms. The van der Waals surface area contributed by atoms with E-state index >= 15 is 0 Å². The Kier molecular flexibility index (Phi) is 3.81. The standard InChI is InChI=1S/C9H12N4O4/c1-11(2)6-8(9(14)17-3)12-5-7(4-10-12)13(15)16/h4-6H,1-3H3/b8-6+. The number of carbonyl (C=O) groups excluding carboxylic acids is 1. The number of rotatable bonds is 4.